The summed E-state index contributed by atoms with van der Waals surface area (Å²) >= 11 is 0. The Morgan fingerprint density at radius 3 is 2.22 bits per heavy atom. The average molecular weight is 647 g/mol. The summed E-state index contributed by atoms with van der Waals surface area (Å²) in [7, 11) is 0. The molecule has 2 atom stereocenters. The minimum absolute atomic E-state index is 0.301. The number of fused-ring (bicyclic) bond motifs is 6. The predicted octanol–water partition coefficient (Wildman–Crippen LogP) is 13.2. The number of aromatic nitrogens is 2. The van der Waals surface area contributed by atoms with Crippen LogP contribution < -0.4 is 0 Å². The summed E-state index contributed by atoms with van der Waals surface area (Å²) in [5.41, 5.74) is 14.8. The Morgan fingerprint density at radius 1 is 0.580 bits per heavy atom. The molecule has 0 bridgehead atoms. The molecule has 0 saturated heterocycles. The van der Waals surface area contributed by atoms with Gasteiger partial charge in [0.25, 0.3) is 0 Å². The van der Waals surface area contributed by atoms with Crippen molar-refractivity contribution >= 4 is 44.4 Å². The maximum Gasteiger partial charge on any atom is 0.0541 e. The fourth-order valence-electron chi connectivity index (χ4n) is 9.24. The number of hydrogen-bond donors (Lipinski definition) is 0. The van der Waals surface area contributed by atoms with Crippen LogP contribution in [0, 0.1) is 0 Å². The standard InChI is InChI=1S/C48H42N2/c1-4-15-33(16-5-1)36-29-37(34-17-6-2-7-18-34)31-39(30-36)49-45-25-12-11-22-42(45)44-32-35(27-28-47(44)49)40-23-14-24-43-41-21-10-13-26-46(41)50(48(40)43)38-19-8-3-9-20-38/h1,4-5,8,10-17,19,21-22,24-32,38,40H,2-3,6-7,9,18,20,23H2. The third-order valence-electron chi connectivity index (χ3n) is 11.6. The Balaban J connectivity index is 1.17. The fraction of sp³-hybridized carbons (Fsp3) is 0.208. The smallest absolute Gasteiger partial charge is 0.0541 e. The highest BCUT2D eigenvalue weighted by Crippen LogP contribution is 2.45. The zero-order chi connectivity index (χ0) is 33.0. The summed E-state index contributed by atoms with van der Waals surface area (Å²) in [5.74, 6) is 0.301. The first-order chi connectivity index (χ1) is 24.8. The van der Waals surface area contributed by atoms with E-state index in [1.54, 1.807) is 0 Å². The first kappa shape index (κ1) is 29.6. The summed E-state index contributed by atoms with van der Waals surface area (Å²) in [6.07, 6.45) is 21.7. The maximum absolute atomic E-state index is 2.69. The summed E-state index contributed by atoms with van der Waals surface area (Å²) in [6, 6.07) is 44.0. The molecular formula is C48H42N2. The van der Waals surface area contributed by atoms with Gasteiger partial charge in [-0.2, -0.15) is 0 Å². The van der Waals surface area contributed by atoms with Crippen molar-refractivity contribution in [1.29, 1.82) is 0 Å². The molecule has 0 saturated carbocycles. The van der Waals surface area contributed by atoms with Gasteiger partial charge >= 0.3 is 0 Å². The first-order valence-electron chi connectivity index (χ1n) is 18.7. The Bertz CT molecular complexity index is 2500. The molecule has 0 spiro atoms. The van der Waals surface area contributed by atoms with Gasteiger partial charge in [0.05, 0.1) is 17.1 Å². The van der Waals surface area contributed by atoms with Gasteiger partial charge < -0.3 is 9.13 Å². The van der Waals surface area contributed by atoms with Crippen LogP contribution in [0.25, 0.3) is 61.2 Å². The third kappa shape index (κ3) is 4.84. The Kier molecular flexibility index (Phi) is 7.22. The molecule has 2 heteroatoms. The third-order valence-corrected chi connectivity index (χ3v) is 11.6. The van der Waals surface area contributed by atoms with Crippen LogP contribution in [0.15, 0.2) is 140 Å². The average Bonchev–Trinajstić information content (AvgIpc) is 3.71. The maximum atomic E-state index is 2.69. The van der Waals surface area contributed by atoms with Crippen molar-refractivity contribution in [1.82, 2.24) is 9.13 Å². The predicted molar refractivity (Wildman–Crippen MR) is 212 cm³/mol. The monoisotopic (exact) mass is 646 g/mol. The van der Waals surface area contributed by atoms with E-state index in [2.05, 4.69) is 155 Å². The van der Waals surface area contributed by atoms with E-state index in [4.69, 9.17) is 0 Å². The minimum atomic E-state index is 0.301. The zero-order valence-corrected chi connectivity index (χ0v) is 28.6. The molecule has 2 nitrogen and oxygen atoms in total. The summed E-state index contributed by atoms with van der Waals surface area (Å²) in [4.78, 5) is 0. The summed E-state index contributed by atoms with van der Waals surface area (Å²) < 4.78 is 5.21. The first-order valence-corrected chi connectivity index (χ1v) is 18.7. The lowest BCUT2D eigenvalue weighted by molar-refractivity contribution is 0.507. The number of nitrogens with zero attached hydrogens (tertiary/aromatic N) is 2. The largest absolute Gasteiger partial charge is 0.336 e. The highest BCUT2D eigenvalue weighted by Gasteiger charge is 2.30. The van der Waals surface area contributed by atoms with Gasteiger partial charge in [-0.3, -0.25) is 0 Å². The quantitative estimate of drug-likeness (QED) is 0.165. The van der Waals surface area contributed by atoms with E-state index in [9.17, 15) is 0 Å². The number of benzene rings is 5. The van der Waals surface area contributed by atoms with Crippen molar-refractivity contribution in [3.05, 3.63) is 162 Å². The molecule has 2 heterocycles. The van der Waals surface area contributed by atoms with Crippen molar-refractivity contribution < 1.29 is 0 Å². The number of rotatable bonds is 5. The Labute approximate surface area is 294 Å². The van der Waals surface area contributed by atoms with Gasteiger partial charge in [0.2, 0.25) is 0 Å². The molecule has 10 rings (SSSR count). The molecule has 2 unspecified atom stereocenters. The van der Waals surface area contributed by atoms with E-state index >= 15 is 0 Å². The van der Waals surface area contributed by atoms with E-state index < -0.39 is 0 Å². The fourth-order valence-corrected chi connectivity index (χ4v) is 9.24. The highest BCUT2D eigenvalue weighted by molar-refractivity contribution is 6.09. The van der Waals surface area contributed by atoms with Crippen LogP contribution in [0.2, 0.25) is 0 Å². The normalized spacial score (nSPS) is 18.9. The van der Waals surface area contributed by atoms with E-state index in [1.807, 2.05) is 0 Å². The summed E-state index contributed by atoms with van der Waals surface area (Å²) in [5, 5.41) is 4.02. The van der Waals surface area contributed by atoms with Crippen LogP contribution in [0.3, 0.4) is 0 Å². The van der Waals surface area contributed by atoms with Gasteiger partial charge in [0, 0.05) is 44.5 Å². The van der Waals surface area contributed by atoms with Gasteiger partial charge in [0.1, 0.15) is 0 Å². The van der Waals surface area contributed by atoms with Crippen molar-refractivity contribution in [2.45, 2.75) is 63.3 Å². The Morgan fingerprint density at radius 2 is 1.38 bits per heavy atom. The van der Waals surface area contributed by atoms with E-state index in [0.29, 0.717) is 12.0 Å². The Hall–Kier alpha value is -5.34. The molecule has 5 aromatic carbocycles. The lowest BCUT2D eigenvalue weighted by atomic mass is 9.85. The zero-order valence-electron chi connectivity index (χ0n) is 28.6. The molecule has 50 heavy (non-hydrogen) atoms. The van der Waals surface area contributed by atoms with Crippen LogP contribution in [0.1, 0.15) is 85.7 Å². The van der Waals surface area contributed by atoms with E-state index in [0.717, 1.165) is 12.8 Å². The van der Waals surface area contributed by atoms with Crippen molar-refractivity contribution in [2.24, 2.45) is 0 Å². The number of para-hydroxylation sites is 2. The van der Waals surface area contributed by atoms with Crippen LogP contribution in [0.4, 0.5) is 0 Å². The summed E-state index contributed by atoms with van der Waals surface area (Å²) in [6.45, 7) is 0. The molecule has 7 aromatic rings. The molecule has 3 aliphatic rings. The van der Waals surface area contributed by atoms with Crippen molar-refractivity contribution in [2.75, 3.05) is 0 Å². The second-order valence-corrected chi connectivity index (χ2v) is 14.5. The van der Waals surface area contributed by atoms with Crippen LogP contribution >= 0.6 is 0 Å². The molecular weight excluding hydrogens is 605 g/mol. The van der Waals surface area contributed by atoms with Crippen LogP contribution in [0.5, 0.6) is 0 Å². The van der Waals surface area contributed by atoms with Gasteiger partial charge in [-0.05, 0) is 122 Å². The van der Waals surface area contributed by atoms with Crippen molar-refractivity contribution in [3.63, 3.8) is 0 Å². The molecule has 3 aliphatic carbocycles. The number of hydrogen-bond acceptors (Lipinski definition) is 0. The van der Waals surface area contributed by atoms with Crippen LogP contribution in [-0.4, -0.2) is 9.13 Å². The molecule has 244 valence electrons. The lowest BCUT2D eigenvalue weighted by Gasteiger charge is -2.28. The lowest BCUT2D eigenvalue weighted by Crippen LogP contribution is -2.17. The van der Waals surface area contributed by atoms with Gasteiger partial charge in [-0.15, -0.1) is 0 Å². The van der Waals surface area contributed by atoms with Gasteiger partial charge in [-0.25, -0.2) is 0 Å². The molecule has 2 aromatic heterocycles. The molecule has 0 fully saturated rings. The van der Waals surface area contributed by atoms with E-state index in [-0.39, 0.29) is 0 Å². The minimum Gasteiger partial charge on any atom is -0.336 e. The van der Waals surface area contributed by atoms with E-state index in [1.165, 1.54) is 116 Å². The second-order valence-electron chi connectivity index (χ2n) is 14.5. The SMILES string of the molecule is C1=CC(n2c3c(c4ccccc42)C=CCC3c2ccc3c(c2)c2ccccc2n3-c2cc(C3=CCCCC3)cc(-c3ccccc3)c2)CCC1. The molecule has 0 N–H and O–H groups in total. The van der Waals surface area contributed by atoms with Crippen molar-refractivity contribution in [3.8, 4) is 16.8 Å². The van der Waals surface area contributed by atoms with Crippen LogP contribution in [-0.2, 0) is 0 Å². The number of allylic oxidation sites excluding steroid dienone is 5. The molecule has 0 amide bonds. The topological polar surface area (TPSA) is 9.86 Å². The molecule has 0 radical (unpaired) electrons. The molecule has 0 aliphatic heterocycles. The van der Waals surface area contributed by atoms with Gasteiger partial charge in [0.15, 0.2) is 0 Å². The van der Waals surface area contributed by atoms with Gasteiger partial charge in [-0.1, -0.05) is 103 Å². The second kappa shape index (κ2) is 12.2. The highest BCUT2D eigenvalue weighted by atomic mass is 15.0.